The van der Waals surface area contributed by atoms with E-state index in [1.54, 1.807) is 22.9 Å². The first-order chi connectivity index (χ1) is 13.5. The fraction of sp³-hybridized carbons (Fsp3) is 0.167. The first-order valence-electron chi connectivity index (χ1n) is 8.38. The molecule has 0 saturated carbocycles. The summed E-state index contributed by atoms with van der Waals surface area (Å²) in [7, 11) is -2.29. The summed E-state index contributed by atoms with van der Waals surface area (Å²) < 4.78 is 28.6. The minimum atomic E-state index is -3.77. The van der Waals surface area contributed by atoms with Crippen LogP contribution in [0.3, 0.4) is 0 Å². The van der Waals surface area contributed by atoms with Crippen molar-refractivity contribution < 1.29 is 8.42 Å². The van der Waals surface area contributed by atoms with Crippen LogP contribution in [-0.2, 0) is 16.6 Å². The summed E-state index contributed by atoms with van der Waals surface area (Å²) in [5, 5.41) is 13.7. The molecule has 4 rings (SSSR count). The highest BCUT2D eigenvalue weighted by molar-refractivity contribution is 7.99. The molecule has 2 heterocycles. The van der Waals surface area contributed by atoms with Crippen LogP contribution in [-0.4, -0.2) is 46.1 Å². The van der Waals surface area contributed by atoms with Crippen LogP contribution in [0.4, 0.5) is 0 Å². The van der Waals surface area contributed by atoms with Crippen LogP contribution in [0, 0.1) is 0 Å². The van der Waals surface area contributed by atoms with Crippen LogP contribution < -0.4 is 0 Å². The monoisotopic (exact) mass is 433 g/mol. The molecular formula is C18H16ClN5O2S2. The van der Waals surface area contributed by atoms with Crippen LogP contribution in [0.15, 0.2) is 69.8 Å². The zero-order valence-corrected chi connectivity index (χ0v) is 17.2. The molecule has 1 aromatic heterocycles. The number of nitrogens with zero attached hydrogens (tertiary/aromatic N) is 5. The van der Waals surface area contributed by atoms with Crippen molar-refractivity contribution in [3.05, 3.63) is 71.0 Å². The van der Waals surface area contributed by atoms with Crippen molar-refractivity contribution in [1.82, 2.24) is 19.2 Å². The number of sulfonamides is 1. The van der Waals surface area contributed by atoms with Crippen molar-refractivity contribution in [3.63, 3.8) is 0 Å². The van der Waals surface area contributed by atoms with Crippen LogP contribution >= 0.6 is 23.4 Å². The van der Waals surface area contributed by atoms with E-state index in [4.69, 9.17) is 11.6 Å². The molecule has 28 heavy (non-hydrogen) atoms. The van der Waals surface area contributed by atoms with E-state index in [0.717, 1.165) is 11.3 Å². The van der Waals surface area contributed by atoms with Gasteiger partial charge in [-0.1, -0.05) is 65.8 Å². The molecule has 7 nitrogen and oxygen atoms in total. The molecule has 0 atom stereocenters. The van der Waals surface area contributed by atoms with Crippen LogP contribution in [0.2, 0.25) is 5.02 Å². The summed E-state index contributed by atoms with van der Waals surface area (Å²) in [4.78, 5) is 0.0559. The van der Waals surface area contributed by atoms with Crippen LogP contribution in [0.5, 0.6) is 0 Å². The second-order valence-corrected chi connectivity index (χ2v) is 9.47. The number of hydrogen-bond acceptors (Lipinski definition) is 6. The molecular weight excluding hydrogens is 418 g/mol. The van der Waals surface area contributed by atoms with Gasteiger partial charge in [0.2, 0.25) is 15.2 Å². The van der Waals surface area contributed by atoms with Crippen molar-refractivity contribution in [1.29, 1.82) is 0 Å². The molecule has 0 N–H and O–H groups in total. The fourth-order valence-corrected chi connectivity index (χ4v) is 5.22. The Morgan fingerprint density at radius 3 is 2.57 bits per heavy atom. The average molecular weight is 434 g/mol. The third-order valence-corrected chi connectivity index (χ3v) is 7.47. The predicted molar refractivity (Wildman–Crippen MR) is 109 cm³/mol. The van der Waals surface area contributed by atoms with Crippen LogP contribution in [0.25, 0.3) is 0 Å². The molecule has 3 aromatic rings. The lowest BCUT2D eigenvalue weighted by Gasteiger charge is -2.18. The lowest BCUT2D eigenvalue weighted by Crippen LogP contribution is -2.28. The topological polar surface area (TPSA) is 80.5 Å². The summed E-state index contributed by atoms with van der Waals surface area (Å²) >= 11 is 7.59. The Balaban J connectivity index is 1.64. The van der Waals surface area contributed by atoms with E-state index in [-0.39, 0.29) is 16.5 Å². The number of thioether (sulfide) groups is 1. The number of aromatic nitrogens is 3. The second-order valence-electron chi connectivity index (χ2n) is 6.10. The SMILES string of the molecule is CN(Cc1nnc2n1N=C(c1ccccc1)CS2)S(=O)(=O)c1ccccc1Cl. The van der Waals surface area contributed by atoms with E-state index in [9.17, 15) is 8.42 Å². The number of hydrogen-bond donors (Lipinski definition) is 0. The molecule has 0 aliphatic carbocycles. The Bertz CT molecular complexity index is 1150. The summed E-state index contributed by atoms with van der Waals surface area (Å²) in [5.74, 6) is 1.12. The molecule has 0 amide bonds. The van der Waals surface area contributed by atoms with E-state index >= 15 is 0 Å². The van der Waals surface area contributed by atoms with E-state index in [0.29, 0.717) is 16.7 Å². The Labute approximate surface area is 172 Å². The molecule has 0 bridgehead atoms. The molecule has 0 spiro atoms. The van der Waals surface area contributed by atoms with E-state index in [1.807, 2.05) is 30.3 Å². The summed E-state index contributed by atoms with van der Waals surface area (Å²) in [6.07, 6.45) is 0. The molecule has 0 fully saturated rings. The van der Waals surface area contributed by atoms with Gasteiger partial charge >= 0.3 is 0 Å². The first kappa shape index (κ1) is 19.1. The molecule has 10 heteroatoms. The van der Waals surface area contributed by atoms with Gasteiger partial charge in [-0.25, -0.2) is 8.42 Å². The number of halogens is 1. The quantitative estimate of drug-likeness (QED) is 0.617. The summed E-state index contributed by atoms with van der Waals surface area (Å²) in [5.41, 5.74) is 1.90. The maximum Gasteiger partial charge on any atom is 0.244 e. The van der Waals surface area contributed by atoms with Crippen molar-refractivity contribution in [2.45, 2.75) is 16.6 Å². The standard InChI is InChI=1S/C18H16ClN5O2S2/c1-23(28(25,26)16-10-6-5-9-14(16)19)11-17-20-21-18-24(17)22-15(12-27-18)13-7-3-2-4-8-13/h2-10H,11-12H2,1H3. The minimum absolute atomic E-state index is 0.0205. The Hall–Kier alpha value is -2.20. The van der Waals surface area contributed by atoms with Crippen molar-refractivity contribution in [3.8, 4) is 0 Å². The van der Waals surface area contributed by atoms with Gasteiger partial charge in [0, 0.05) is 12.8 Å². The Morgan fingerprint density at radius 2 is 1.82 bits per heavy atom. The zero-order chi connectivity index (χ0) is 19.7. The highest BCUT2D eigenvalue weighted by Gasteiger charge is 2.27. The predicted octanol–water partition coefficient (Wildman–Crippen LogP) is 3.11. The highest BCUT2D eigenvalue weighted by Crippen LogP contribution is 2.27. The number of rotatable bonds is 5. The molecule has 2 aromatic carbocycles. The van der Waals surface area contributed by atoms with Gasteiger partial charge in [-0.2, -0.15) is 14.1 Å². The smallest absolute Gasteiger partial charge is 0.207 e. The van der Waals surface area contributed by atoms with Crippen molar-refractivity contribution >= 4 is 39.1 Å². The van der Waals surface area contributed by atoms with E-state index in [2.05, 4.69) is 15.3 Å². The zero-order valence-electron chi connectivity index (χ0n) is 14.9. The lowest BCUT2D eigenvalue weighted by atomic mass is 10.1. The van der Waals surface area contributed by atoms with Gasteiger partial charge in [0.15, 0.2) is 5.82 Å². The lowest BCUT2D eigenvalue weighted by molar-refractivity contribution is 0.448. The van der Waals surface area contributed by atoms with Gasteiger partial charge in [0.1, 0.15) is 4.90 Å². The normalized spacial score (nSPS) is 14.0. The fourth-order valence-electron chi connectivity index (χ4n) is 2.74. The highest BCUT2D eigenvalue weighted by atomic mass is 35.5. The molecule has 1 aliphatic rings. The first-order valence-corrected chi connectivity index (χ1v) is 11.2. The van der Waals surface area contributed by atoms with E-state index < -0.39 is 10.0 Å². The van der Waals surface area contributed by atoms with E-state index in [1.165, 1.54) is 29.2 Å². The van der Waals surface area contributed by atoms with Gasteiger partial charge in [-0.15, -0.1) is 10.2 Å². The molecule has 0 unspecified atom stereocenters. The van der Waals surface area contributed by atoms with Gasteiger partial charge in [0.25, 0.3) is 0 Å². The third-order valence-electron chi connectivity index (χ3n) is 4.23. The Kier molecular flexibility index (Phi) is 5.24. The Morgan fingerprint density at radius 1 is 1.11 bits per heavy atom. The summed E-state index contributed by atoms with van der Waals surface area (Å²) in [6.45, 7) is 0.0205. The van der Waals surface area contributed by atoms with Gasteiger partial charge < -0.3 is 0 Å². The molecule has 144 valence electrons. The molecule has 1 aliphatic heterocycles. The minimum Gasteiger partial charge on any atom is -0.207 e. The number of benzene rings is 2. The van der Waals surface area contributed by atoms with Gasteiger partial charge in [0.05, 0.1) is 17.3 Å². The third kappa shape index (κ3) is 3.58. The maximum atomic E-state index is 12.9. The van der Waals surface area contributed by atoms with Crippen molar-refractivity contribution in [2.24, 2.45) is 5.10 Å². The largest absolute Gasteiger partial charge is 0.244 e. The second kappa shape index (κ2) is 7.67. The summed E-state index contributed by atoms with van der Waals surface area (Å²) in [6, 6.07) is 16.2. The van der Waals surface area contributed by atoms with Crippen LogP contribution in [0.1, 0.15) is 11.4 Å². The van der Waals surface area contributed by atoms with Crippen molar-refractivity contribution in [2.75, 3.05) is 12.8 Å². The molecule has 0 radical (unpaired) electrons. The maximum absolute atomic E-state index is 12.9. The number of fused-ring (bicyclic) bond motifs is 1. The molecule has 0 saturated heterocycles. The average Bonchev–Trinajstić information content (AvgIpc) is 3.11. The van der Waals surface area contributed by atoms with Gasteiger partial charge in [-0.3, -0.25) is 0 Å². The van der Waals surface area contributed by atoms with Gasteiger partial charge in [-0.05, 0) is 17.7 Å².